The van der Waals surface area contributed by atoms with Gasteiger partial charge in [-0.3, -0.25) is 0 Å². The van der Waals surface area contributed by atoms with Gasteiger partial charge in [0, 0.05) is 12.2 Å². The van der Waals surface area contributed by atoms with Gasteiger partial charge < -0.3 is 10.4 Å². The van der Waals surface area contributed by atoms with Gasteiger partial charge in [0.25, 0.3) is 0 Å². The van der Waals surface area contributed by atoms with Gasteiger partial charge in [0.2, 0.25) is 0 Å². The van der Waals surface area contributed by atoms with Crippen LogP contribution in [-0.4, -0.2) is 22.7 Å². The van der Waals surface area contributed by atoms with Crippen LogP contribution in [0.4, 0.5) is 5.82 Å². The number of hydrogen-bond donors (Lipinski definition) is 2. The van der Waals surface area contributed by atoms with Crippen LogP contribution < -0.4 is 5.32 Å². The first-order valence-electron chi connectivity index (χ1n) is 5.25. The maximum absolute atomic E-state index is 9.83. The van der Waals surface area contributed by atoms with Gasteiger partial charge in [0.05, 0.1) is 6.10 Å². The van der Waals surface area contributed by atoms with Crippen molar-refractivity contribution in [3.63, 3.8) is 0 Å². The molecule has 1 atom stereocenters. The summed E-state index contributed by atoms with van der Waals surface area (Å²) in [7, 11) is 0. The third-order valence-corrected chi connectivity index (χ3v) is 2.36. The molecule has 0 fully saturated rings. The summed E-state index contributed by atoms with van der Waals surface area (Å²) in [5.41, 5.74) is 0.877. The summed E-state index contributed by atoms with van der Waals surface area (Å²) in [5, 5.41) is 13.0. The van der Waals surface area contributed by atoms with Crippen molar-refractivity contribution in [2.45, 2.75) is 33.8 Å². The van der Waals surface area contributed by atoms with Crippen molar-refractivity contribution in [1.82, 2.24) is 4.98 Å². The van der Waals surface area contributed by atoms with Crippen molar-refractivity contribution < 1.29 is 5.11 Å². The molecular weight excluding hydrogens is 188 g/mol. The lowest BCUT2D eigenvalue weighted by atomic mass is 9.89. The second-order valence-corrected chi connectivity index (χ2v) is 4.93. The summed E-state index contributed by atoms with van der Waals surface area (Å²) in [6.07, 6.45) is -0.375. The first kappa shape index (κ1) is 12.0. The zero-order chi connectivity index (χ0) is 11.5. The minimum atomic E-state index is -0.375. The standard InChI is InChI=1S/C12H20N2O/c1-9-6-5-7-11(14-9)13-8-10(15)12(2,3)4/h5-7,10,15H,8H2,1-4H3,(H,13,14)/t10-/m0/s1. The van der Waals surface area contributed by atoms with Crippen molar-refractivity contribution >= 4 is 5.82 Å². The Morgan fingerprint density at radius 1 is 1.40 bits per heavy atom. The van der Waals surface area contributed by atoms with Crippen LogP contribution >= 0.6 is 0 Å². The van der Waals surface area contributed by atoms with E-state index in [2.05, 4.69) is 10.3 Å². The van der Waals surface area contributed by atoms with Crippen LogP contribution in [0.15, 0.2) is 18.2 Å². The SMILES string of the molecule is Cc1cccc(NC[C@H](O)C(C)(C)C)n1. The van der Waals surface area contributed by atoms with Crippen LogP contribution in [0.3, 0.4) is 0 Å². The summed E-state index contributed by atoms with van der Waals surface area (Å²) >= 11 is 0. The van der Waals surface area contributed by atoms with E-state index in [9.17, 15) is 5.11 Å². The summed E-state index contributed by atoms with van der Waals surface area (Å²) in [6, 6.07) is 5.81. The topological polar surface area (TPSA) is 45.1 Å². The molecule has 0 aliphatic rings. The van der Waals surface area contributed by atoms with Gasteiger partial charge in [-0.1, -0.05) is 26.8 Å². The van der Waals surface area contributed by atoms with Crippen LogP contribution in [0.5, 0.6) is 0 Å². The molecule has 1 aromatic rings. The Morgan fingerprint density at radius 2 is 2.07 bits per heavy atom. The number of aryl methyl sites for hydroxylation is 1. The predicted octanol–water partition coefficient (Wildman–Crippen LogP) is 2.21. The van der Waals surface area contributed by atoms with Gasteiger partial charge >= 0.3 is 0 Å². The van der Waals surface area contributed by atoms with Crippen molar-refractivity contribution in [3.05, 3.63) is 23.9 Å². The first-order valence-corrected chi connectivity index (χ1v) is 5.25. The highest BCUT2D eigenvalue weighted by atomic mass is 16.3. The Balaban J connectivity index is 2.51. The fourth-order valence-corrected chi connectivity index (χ4v) is 1.15. The molecule has 0 unspecified atom stereocenters. The van der Waals surface area contributed by atoms with Gasteiger partial charge in [-0.05, 0) is 24.5 Å². The molecule has 84 valence electrons. The maximum atomic E-state index is 9.83. The Morgan fingerprint density at radius 3 is 2.60 bits per heavy atom. The minimum absolute atomic E-state index is 0.100. The van der Waals surface area contributed by atoms with E-state index in [0.29, 0.717) is 6.54 Å². The summed E-state index contributed by atoms with van der Waals surface area (Å²) < 4.78 is 0. The van der Waals surface area contributed by atoms with E-state index in [-0.39, 0.29) is 11.5 Å². The average Bonchev–Trinajstić information content (AvgIpc) is 2.12. The number of aromatic nitrogens is 1. The molecule has 3 nitrogen and oxygen atoms in total. The molecule has 1 aromatic heterocycles. The minimum Gasteiger partial charge on any atom is -0.391 e. The monoisotopic (exact) mass is 208 g/mol. The molecule has 2 N–H and O–H groups in total. The number of aliphatic hydroxyl groups is 1. The Bertz CT molecular complexity index is 318. The smallest absolute Gasteiger partial charge is 0.126 e. The van der Waals surface area contributed by atoms with E-state index in [1.165, 1.54) is 0 Å². The van der Waals surface area contributed by atoms with Crippen LogP contribution in [0.2, 0.25) is 0 Å². The van der Waals surface area contributed by atoms with Crippen LogP contribution in [0, 0.1) is 12.3 Å². The molecule has 0 aromatic carbocycles. The lowest BCUT2D eigenvalue weighted by Gasteiger charge is -2.26. The van der Waals surface area contributed by atoms with E-state index in [0.717, 1.165) is 11.5 Å². The molecule has 0 aliphatic heterocycles. The van der Waals surface area contributed by atoms with Crippen molar-refractivity contribution in [3.8, 4) is 0 Å². The number of nitrogens with zero attached hydrogens (tertiary/aromatic N) is 1. The molecule has 0 saturated carbocycles. The average molecular weight is 208 g/mol. The lowest BCUT2D eigenvalue weighted by Crippen LogP contribution is -2.33. The van der Waals surface area contributed by atoms with Gasteiger partial charge in [-0.15, -0.1) is 0 Å². The van der Waals surface area contributed by atoms with Crippen LogP contribution in [0.25, 0.3) is 0 Å². The van der Waals surface area contributed by atoms with Crippen molar-refractivity contribution in [2.75, 3.05) is 11.9 Å². The molecule has 0 spiro atoms. The first-order chi connectivity index (χ1) is 6.89. The normalized spacial score (nSPS) is 13.7. The number of aliphatic hydroxyl groups excluding tert-OH is 1. The zero-order valence-corrected chi connectivity index (χ0v) is 9.91. The molecule has 0 saturated heterocycles. The Kier molecular flexibility index (Phi) is 3.69. The van der Waals surface area contributed by atoms with Crippen LogP contribution in [0.1, 0.15) is 26.5 Å². The maximum Gasteiger partial charge on any atom is 0.126 e. The van der Waals surface area contributed by atoms with E-state index < -0.39 is 0 Å². The third kappa shape index (κ3) is 3.88. The van der Waals surface area contributed by atoms with Crippen molar-refractivity contribution in [1.29, 1.82) is 0 Å². The molecule has 1 heterocycles. The molecule has 3 heteroatoms. The van der Waals surface area contributed by atoms with Gasteiger partial charge in [0.1, 0.15) is 5.82 Å². The molecule has 0 amide bonds. The molecule has 0 aliphatic carbocycles. The zero-order valence-electron chi connectivity index (χ0n) is 9.91. The highest BCUT2D eigenvalue weighted by Gasteiger charge is 2.21. The second-order valence-electron chi connectivity index (χ2n) is 4.93. The van der Waals surface area contributed by atoms with E-state index >= 15 is 0 Å². The molecule has 15 heavy (non-hydrogen) atoms. The number of nitrogens with one attached hydrogen (secondary N) is 1. The van der Waals surface area contributed by atoms with E-state index in [4.69, 9.17) is 0 Å². The third-order valence-electron chi connectivity index (χ3n) is 2.36. The fourth-order valence-electron chi connectivity index (χ4n) is 1.15. The van der Waals surface area contributed by atoms with Crippen molar-refractivity contribution in [2.24, 2.45) is 5.41 Å². The summed E-state index contributed by atoms with van der Waals surface area (Å²) in [4.78, 5) is 4.30. The Labute approximate surface area is 91.5 Å². The number of anilines is 1. The second kappa shape index (κ2) is 4.62. The van der Waals surface area contributed by atoms with Gasteiger partial charge in [0.15, 0.2) is 0 Å². The summed E-state index contributed by atoms with van der Waals surface area (Å²) in [6.45, 7) is 8.53. The molecular formula is C12H20N2O. The van der Waals surface area contributed by atoms with Gasteiger partial charge in [-0.2, -0.15) is 0 Å². The molecule has 0 radical (unpaired) electrons. The van der Waals surface area contributed by atoms with E-state index in [1.54, 1.807) is 0 Å². The molecule has 1 rings (SSSR count). The van der Waals surface area contributed by atoms with E-state index in [1.807, 2.05) is 45.9 Å². The fraction of sp³-hybridized carbons (Fsp3) is 0.583. The number of rotatable bonds is 3. The quantitative estimate of drug-likeness (QED) is 0.800. The number of hydrogen-bond acceptors (Lipinski definition) is 3. The molecule has 0 bridgehead atoms. The van der Waals surface area contributed by atoms with Gasteiger partial charge in [-0.25, -0.2) is 4.98 Å². The number of pyridine rings is 1. The Hall–Kier alpha value is -1.09. The largest absolute Gasteiger partial charge is 0.391 e. The lowest BCUT2D eigenvalue weighted by molar-refractivity contribution is 0.0745. The highest BCUT2D eigenvalue weighted by molar-refractivity contribution is 5.35. The highest BCUT2D eigenvalue weighted by Crippen LogP contribution is 2.19. The predicted molar refractivity (Wildman–Crippen MR) is 62.9 cm³/mol. The van der Waals surface area contributed by atoms with Crippen LogP contribution in [-0.2, 0) is 0 Å². The summed E-state index contributed by atoms with van der Waals surface area (Å²) in [5.74, 6) is 0.818.